The molecule has 0 spiro atoms. The zero-order valence-corrected chi connectivity index (χ0v) is 15.2. The van der Waals surface area contributed by atoms with Gasteiger partial charge in [0.25, 0.3) is 0 Å². The summed E-state index contributed by atoms with van der Waals surface area (Å²) in [5, 5.41) is 0.332. The average molecular weight is 376 g/mol. The molecule has 0 saturated heterocycles. The van der Waals surface area contributed by atoms with E-state index in [1.54, 1.807) is 62.8 Å². The summed E-state index contributed by atoms with van der Waals surface area (Å²) in [4.78, 5) is 25.1. The molecule has 140 valence electrons. The lowest BCUT2D eigenvalue weighted by molar-refractivity contribution is 0.414. The molecule has 0 N–H and O–H groups in total. The van der Waals surface area contributed by atoms with Gasteiger partial charge in [0.2, 0.25) is 0 Å². The van der Waals surface area contributed by atoms with Crippen LogP contribution in [-0.4, -0.2) is 14.2 Å². The van der Waals surface area contributed by atoms with Crippen molar-refractivity contribution in [3.05, 3.63) is 81.5 Å². The molecule has 0 bridgehead atoms. The monoisotopic (exact) mass is 376 g/mol. The van der Waals surface area contributed by atoms with Crippen molar-refractivity contribution in [3.63, 3.8) is 0 Å². The van der Waals surface area contributed by atoms with E-state index in [4.69, 9.17) is 18.3 Å². The van der Waals surface area contributed by atoms with Gasteiger partial charge in [0.15, 0.2) is 0 Å². The van der Waals surface area contributed by atoms with Gasteiger partial charge < -0.3 is 18.3 Å². The largest absolute Gasteiger partial charge is 0.497 e. The molecular weight excluding hydrogens is 360 g/mol. The first-order chi connectivity index (χ1) is 13.6. The smallest absolute Gasteiger partial charge is 0.344 e. The first-order valence-electron chi connectivity index (χ1n) is 8.50. The normalized spacial score (nSPS) is 10.8. The number of hydrogen-bond donors (Lipinski definition) is 0. The van der Waals surface area contributed by atoms with Crippen molar-refractivity contribution in [3.8, 4) is 34.1 Å². The van der Waals surface area contributed by atoms with Gasteiger partial charge in [0, 0.05) is 11.1 Å². The number of rotatable bonds is 4. The Kier molecular flexibility index (Phi) is 4.45. The minimum atomic E-state index is -0.606. The van der Waals surface area contributed by atoms with Crippen LogP contribution >= 0.6 is 0 Å². The van der Waals surface area contributed by atoms with E-state index in [1.807, 2.05) is 0 Å². The quantitative estimate of drug-likeness (QED) is 0.534. The Balaban J connectivity index is 1.83. The van der Waals surface area contributed by atoms with Crippen molar-refractivity contribution in [1.82, 2.24) is 0 Å². The van der Waals surface area contributed by atoms with Crippen LogP contribution in [0.5, 0.6) is 11.5 Å². The van der Waals surface area contributed by atoms with Gasteiger partial charge in [-0.2, -0.15) is 0 Å². The molecule has 2 heterocycles. The van der Waals surface area contributed by atoms with Crippen LogP contribution in [0.4, 0.5) is 0 Å². The maximum atomic E-state index is 12.5. The predicted molar refractivity (Wildman–Crippen MR) is 105 cm³/mol. The van der Waals surface area contributed by atoms with Crippen LogP contribution in [0.25, 0.3) is 33.4 Å². The zero-order chi connectivity index (χ0) is 19.7. The Morgan fingerprint density at radius 1 is 0.607 bits per heavy atom. The van der Waals surface area contributed by atoms with E-state index in [2.05, 4.69) is 0 Å². The third-order valence-electron chi connectivity index (χ3n) is 4.44. The molecule has 0 aliphatic carbocycles. The number of ether oxygens (including phenoxy) is 2. The van der Waals surface area contributed by atoms with E-state index in [-0.39, 0.29) is 22.3 Å². The van der Waals surface area contributed by atoms with Crippen molar-refractivity contribution >= 4 is 10.8 Å². The maximum Gasteiger partial charge on any atom is 0.344 e. The van der Waals surface area contributed by atoms with Crippen molar-refractivity contribution in [1.29, 1.82) is 0 Å². The average Bonchev–Trinajstić information content (AvgIpc) is 2.74. The second-order valence-corrected chi connectivity index (χ2v) is 6.08. The maximum absolute atomic E-state index is 12.5. The molecule has 28 heavy (non-hydrogen) atoms. The molecule has 0 fully saturated rings. The number of hydrogen-bond acceptors (Lipinski definition) is 6. The molecule has 0 saturated carbocycles. The Bertz CT molecular complexity index is 1150. The van der Waals surface area contributed by atoms with E-state index in [0.29, 0.717) is 22.6 Å². The van der Waals surface area contributed by atoms with Gasteiger partial charge in [-0.3, -0.25) is 0 Å². The van der Waals surface area contributed by atoms with Crippen LogP contribution in [0.15, 0.2) is 79.1 Å². The highest BCUT2D eigenvalue weighted by Crippen LogP contribution is 2.26. The first kappa shape index (κ1) is 17.6. The zero-order valence-electron chi connectivity index (χ0n) is 15.2. The lowest BCUT2D eigenvalue weighted by Gasteiger charge is -2.06. The highest BCUT2D eigenvalue weighted by Gasteiger charge is 2.14. The second-order valence-electron chi connectivity index (χ2n) is 6.08. The Labute approximate surface area is 159 Å². The SMILES string of the molecule is COc1ccc(-c2cc3c(=O)oc(-c4ccc(OC)cc4)cc3c(=O)o2)cc1. The molecule has 4 aromatic rings. The summed E-state index contributed by atoms with van der Waals surface area (Å²) >= 11 is 0. The molecule has 2 aromatic carbocycles. The second kappa shape index (κ2) is 7.08. The summed E-state index contributed by atoms with van der Waals surface area (Å²) in [7, 11) is 3.13. The molecule has 0 aliphatic rings. The minimum Gasteiger partial charge on any atom is -0.497 e. The van der Waals surface area contributed by atoms with Gasteiger partial charge in [-0.15, -0.1) is 0 Å². The van der Waals surface area contributed by atoms with Gasteiger partial charge in [-0.25, -0.2) is 9.59 Å². The summed E-state index contributed by atoms with van der Waals surface area (Å²) in [6.45, 7) is 0. The summed E-state index contributed by atoms with van der Waals surface area (Å²) in [6.07, 6.45) is 0. The van der Waals surface area contributed by atoms with Crippen LogP contribution in [0.3, 0.4) is 0 Å². The Morgan fingerprint density at radius 2 is 0.964 bits per heavy atom. The number of benzene rings is 2. The number of methoxy groups -OCH3 is 2. The van der Waals surface area contributed by atoms with Gasteiger partial charge in [0.05, 0.1) is 25.0 Å². The standard InChI is InChI=1S/C22H16O6/c1-25-15-7-3-13(4-8-15)19-11-17-18(21(23)27-19)12-20(28-22(17)24)14-5-9-16(26-2)10-6-14/h3-12H,1-2H3. The fourth-order valence-electron chi connectivity index (χ4n) is 2.92. The summed E-state index contributed by atoms with van der Waals surface area (Å²) in [5.74, 6) is 1.92. The fraction of sp³-hybridized carbons (Fsp3) is 0.0909. The molecule has 0 aliphatic heterocycles. The van der Waals surface area contributed by atoms with E-state index in [0.717, 1.165) is 0 Å². The van der Waals surface area contributed by atoms with Crippen molar-refractivity contribution in [2.45, 2.75) is 0 Å². The highest BCUT2D eigenvalue weighted by molar-refractivity contribution is 5.85. The Morgan fingerprint density at radius 3 is 1.29 bits per heavy atom. The molecule has 6 heteroatoms. The van der Waals surface area contributed by atoms with Gasteiger partial charge in [0.1, 0.15) is 23.0 Å². The molecule has 2 aromatic heterocycles. The van der Waals surface area contributed by atoms with Crippen LogP contribution in [0, 0.1) is 0 Å². The molecular formula is C22H16O6. The summed E-state index contributed by atoms with van der Waals surface area (Å²) < 4.78 is 21.1. The minimum absolute atomic E-state index is 0.166. The molecule has 4 rings (SSSR count). The van der Waals surface area contributed by atoms with E-state index >= 15 is 0 Å². The fourth-order valence-corrected chi connectivity index (χ4v) is 2.92. The number of fused-ring (bicyclic) bond motifs is 1. The van der Waals surface area contributed by atoms with Gasteiger partial charge in [-0.05, 0) is 60.7 Å². The van der Waals surface area contributed by atoms with Gasteiger partial charge in [-0.1, -0.05) is 0 Å². The van der Waals surface area contributed by atoms with Crippen molar-refractivity contribution in [2.24, 2.45) is 0 Å². The highest BCUT2D eigenvalue weighted by atomic mass is 16.5. The van der Waals surface area contributed by atoms with E-state index < -0.39 is 11.3 Å². The third-order valence-corrected chi connectivity index (χ3v) is 4.44. The molecule has 0 radical (unpaired) electrons. The topological polar surface area (TPSA) is 78.9 Å². The van der Waals surface area contributed by atoms with Crippen LogP contribution in [-0.2, 0) is 0 Å². The van der Waals surface area contributed by atoms with E-state index in [9.17, 15) is 9.59 Å². The lowest BCUT2D eigenvalue weighted by Crippen LogP contribution is -2.08. The molecule has 0 amide bonds. The van der Waals surface area contributed by atoms with Crippen molar-refractivity contribution < 1.29 is 18.3 Å². The molecule has 0 atom stereocenters. The van der Waals surface area contributed by atoms with Crippen molar-refractivity contribution in [2.75, 3.05) is 14.2 Å². The third kappa shape index (κ3) is 3.16. The predicted octanol–water partition coefficient (Wildman–Crippen LogP) is 4.10. The van der Waals surface area contributed by atoms with E-state index in [1.165, 1.54) is 12.1 Å². The Hall–Kier alpha value is -3.80. The van der Waals surface area contributed by atoms with Crippen LogP contribution < -0.4 is 20.7 Å². The molecule has 0 unspecified atom stereocenters. The summed E-state index contributed by atoms with van der Waals surface area (Å²) in [5.41, 5.74) is 0.0915. The lowest BCUT2D eigenvalue weighted by atomic mass is 10.1. The molecule has 6 nitrogen and oxygen atoms in total. The summed E-state index contributed by atoms with van der Waals surface area (Å²) in [6, 6.07) is 17.0. The first-order valence-corrected chi connectivity index (χ1v) is 8.50. The van der Waals surface area contributed by atoms with Crippen LogP contribution in [0.1, 0.15) is 0 Å². The van der Waals surface area contributed by atoms with Gasteiger partial charge >= 0.3 is 11.3 Å². The van der Waals surface area contributed by atoms with Crippen LogP contribution in [0.2, 0.25) is 0 Å².